The number of carbonyl (C=O) groups is 1. The Morgan fingerprint density at radius 2 is 2.13 bits per heavy atom. The lowest BCUT2D eigenvalue weighted by molar-refractivity contribution is 0.0988. The number of benzene rings is 1. The summed E-state index contributed by atoms with van der Waals surface area (Å²) in [6, 6.07) is 5.75. The number of hydrogen-bond acceptors (Lipinski definition) is 3. The van der Waals surface area contributed by atoms with Crippen molar-refractivity contribution in [2.75, 3.05) is 18.8 Å². The lowest BCUT2D eigenvalue weighted by atomic mass is 10.1. The molecule has 2 nitrogen and oxygen atoms in total. The van der Waals surface area contributed by atoms with Crippen molar-refractivity contribution >= 4 is 17.5 Å². The topological polar surface area (TPSA) is 29.1 Å². The fourth-order valence-electron chi connectivity index (χ4n) is 1.53. The molecule has 1 atom stereocenters. The molecule has 1 N–H and O–H groups in total. The van der Waals surface area contributed by atoms with Gasteiger partial charge in [-0.05, 0) is 24.3 Å². The van der Waals surface area contributed by atoms with Crippen molar-refractivity contribution < 1.29 is 9.18 Å². The van der Waals surface area contributed by atoms with E-state index in [-0.39, 0.29) is 16.9 Å². The molecule has 1 aliphatic heterocycles. The van der Waals surface area contributed by atoms with Crippen LogP contribution in [0.25, 0.3) is 0 Å². The van der Waals surface area contributed by atoms with E-state index in [0.29, 0.717) is 12.1 Å². The number of halogens is 1. The molecular weight excluding hydrogens is 213 g/mol. The van der Waals surface area contributed by atoms with Gasteiger partial charge in [0.05, 0.1) is 5.25 Å². The van der Waals surface area contributed by atoms with Gasteiger partial charge in [0.25, 0.3) is 0 Å². The average Bonchev–Trinajstić information content (AvgIpc) is 2.30. The Hall–Kier alpha value is -0.870. The second kappa shape index (κ2) is 4.77. The summed E-state index contributed by atoms with van der Waals surface area (Å²) >= 11 is 1.66. The molecule has 0 amide bonds. The van der Waals surface area contributed by atoms with Crippen molar-refractivity contribution in [2.45, 2.75) is 5.25 Å². The highest BCUT2D eigenvalue weighted by Crippen LogP contribution is 2.18. The zero-order valence-electron chi connectivity index (χ0n) is 8.20. The molecular formula is C11H12FNOS. The van der Waals surface area contributed by atoms with E-state index < -0.39 is 0 Å². The minimum atomic E-state index is -0.305. The number of nitrogens with one attached hydrogen (secondary N) is 1. The number of ketones is 1. The minimum absolute atomic E-state index is 0.0239. The molecule has 0 spiro atoms. The van der Waals surface area contributed by atoms with Crippen molar-refractivity contribution in [3.8, 4) is 0 Å². The molecule has 1 aromatic rings. The van der Waals surface area contributed by atoms with Crippen molar-refractivity contribution in [1.29, 1.82) is 0 Å². The number of hydrogen-bond donors (Lipinski definition) is 1. The standard InChI is InChI=1S/C11H12FNOS/c12-9-3-1-8(2-4-9)11(14)10-7-13-5-6-15-10/h1-4,10,13H,5-7H2. The van der Waals surface area contributed by atoms with Gasteiger partial charge < -0.3 is 5.32 Å². The molecule has 1 fully saturated rings. The van der Waals surface area contributed by atoms with E-state index in [9.17, 15) is 9.18 Å². The third kappa shape index (κ3) is 2.58. The summed E-state index contributed by atoms with van der Waals surface area (Å²) in [6.07, 6.45) is 0. The molecule has 1 heterocycles. The van der Waals surface area contributed by atoms with Gasteiger partial charge in [0.15, 0.2) is 5.78 Å². The Morgan fingerprint density at radius 1 is 1.40 bits per heavy atom. The first-order chi connectivity index (χ1) is 7.27. The van der Waals surface area contributed by atoms with Crippen molar-refractivity contribution in [2.24, 2.45) is 0 Å². The average molecular weight is 225 g/mol. The summed E-state index contributed by atoms with van der Waals surface area (Å²) in [5.74, 6) is 0.741. The maximum Gasteiger partial charge on any atom is 0.177 e. The first-order valence-corrected chi connectivity index (χ1v) is 5.94. The minimum Gasteiger partial charge on any atom is -0.314 e. The molecule has 80 valence electrons. The fraction of sp³-hybridized carbons (Fsp3) is 0.364. The molecule has 1 aliphatic rings. The zero-order chi connectivity index (χ0) is 10.7. The van der Waals surface area contributed by atoms with Gasteiger partial charge in [-0.2, -0.15) is 0 Å². The SMILES string of the molecule is O=C(c1ccc(F)cc1)C1CNCCS1. The van der Waals surface area contributed by atoms with Crippen molar-refractivity contribution in [3.05, 3.63) is 35.6 Å². The number of rotatable bonds is 2. The van der Waals surface area contributed by atoms with E-state index in [0.717, 1.165) is 12.3 Å². The molecule has 0 aliphatic carbocycles. The Bertz CT molecular complexity index is 346. The van der Waals surface area contributed by atoms with Gasteiger partial charge in [0, 0.05) is 24.4 Å². The van der Waals surface area contributed by atoms with Gasteiger partial charge in [-0.3, -0.25) is 4.79 Å². The number of carbonyl (C=O) groups excluding carboxylic acids is 1. The van der Waals surface area contributed by atoms with Crippen LogP contribution < -0.4 is 5.32 Å². The highest BCUT2D eigenvalue weighted by molar-refractivity contribution is 8.00. The van der Waals surface area contributed by atoms with Crippen LogP contribution in [-0.2, 0) is 0 Å². The van der Waals surface area contributed by atoms with Crippen LogP contribution in [0.1, 0.15) is 10.4 Å². The number of thioether (sulfide) groups is 1. The lowest BCUT2D eigenvalue weighted by Crippen LogP contribution is -2.37. The monoisotopic (exact) mass is 225 g/mol. The third-order valence-corrected chi connectivity index (χ3v) is 3.57. The zero-order valence-corrected chi connectivity index (χ0v) is 9.02. The second-order valence-electron chi connectivity index (χ2n) is 3.43. The number of Topliss-reactive ketones (excluding diaryl/α,β-unsaturated/α-hetero) is 1. The smallest absolute Gasteiger partial charge is 0.177 e. The van der Waals surface area contributed by atoms with Gasteiger partial charge >= 0.3 is 0 Å². The van der Waals surface area contributed by atoms with Gasteiger partial charge in [-0.1, -0.05) is 0 Å². The van der Waals surface area contributed by atoms with Gasteiger partial charge in [-0.25, -0.2) is 4.39 Å². The fourth-order valence-corrected chi connectivity index (χ4v) is 2.60. The predicted molar refractivity (Wildman–Crippen MR) is 59.8 cm³/mol. The highest BCUT2D eigenvalue weighted by Gasteiger charge is 2.22. The van der Waals surface area contributed by atoms with Crippen LogP contribution in [0, 0.1) is 5.82 Å². The largest absolute Gasteiger partial charge is 0.314 e. The van der Waals surface area contributed by atoms with Crippen LogP contribution in [0.3, 0.4) is 0 Å². The Labute approximate surface area is 92.3 Å². The maximum absolute atomic E-state index is 12.7. The Balaban J connectivity index is 2.09. The normalized spacial score (nSPS) is 21.3. The first-order valence-electron chi connectivity index (χ1n) is 4.89. The summed E-state index contributed by atoms with van der Waals surface area (Å²) in [7, 11) is 0. The molecule has 0 aromatic heterocycles. The van der Waals surface area contributed by atoms with E-state index in [2.05, 4.69) is 5.32 Å². The molecule has 1 aromatic carbocycles. The summed E-state index contributed by atoms with van der Waals surface area (Å²) in [5, 5.41) is 3.16. The summed E-state index contributed by atoms with van der Waals surface area (Å²) < 4.78 is 12.7. The molecule has 0 bridgehead atoms. The Morgan fingerprint density at radius 3 is 2.73 bits per heavy atom. The quantitative estimate of drug-likeness (QED) is 0.777. The van der Waals surface area contributed by atoms with Crippen LogP contribution >= 0.6 is 11.8 Å². The van der Waals surface area contributed by atoms with Crippen LogP contribution in [0.15, 0.2) is 24.3 Å². The summed E-state index contributed by atoms with van der Waals surface area (Å²) in [6.45, 7) is 1.67. The molecule has 0 radical (unpaired) electrons. The molecule has 4 heteroatoms. The molecule has 15 heavy (non-hydrogen) atoms. The van der Waals surface area contributed by atoms with Crippen molar-refractivity contribution in [1.82, 2.24) is 5.32 Å². The molecule has 1 saturated heterocycles. The van der Waals surface area contributed by atoms with Gasteiger partial charge in [-0.15, -0.1) is 11.8 Å². The van der Waals surface area contributed by atoms with Crippen molar-refractivity contribution in [3.63, 3.8) is 0 Å². The molecule has 0 saturated carbocycles. The Kier molecular flexibility index (Phi) is 3.38. The van der Waals surface area contributed by atoms with E-state index in [1.807, 2.05) is 0 Å². The third-order valence-electron chi connectivity index (χ3n) is 2.35. The van der Waals surface area contributed by atoms with Gasteiger partial charge in [0.2, 0.25) is 0 Å². The van der Waals surface area contributed by atoms with Crippen LogP contribution in [-0.4, -0.2) is 29.9 Å². The lowest BCUT2D eigenvalue weighted by Gasteiger charge is -2.21. The highest BCUT2D eigenvalue weighted by atomic mass is 32.2. The first kappa shape index (κ1) is 10.6. The molecule has 2 rings (SSSR count). The maximum atomic E-state index is 12.7. The second-order valence-corrected chi connectivity index (χ2v) is 4.75. The van der Waals surface area contributed by atoms with Crippen LogP contribution in [0.5, 0.6) is 0 Å². The van der Waals surface area contributed by atoms with E-state index in [4.69, 9.17) is 0 Å². The predicted octanol–water partition coefficient (Wildman–Crippen LogP) is 1.71. The summed E-state index contributed by atoms with van der Waals surface area (Å²) in [5.41, 5.74) is 0.595. The van der Waals surface area contributed by atoms with E-state index >= 15 is 0 Å². The van der Waals surface area contributed by atoms with Crippen LogP contribution in [0.4, 0.5) is 4.39 Å². The van der Waals surface area contributed by atoms with E-state index in [1.165, 1.54) is 12.1 Å². The van der Waals surface area contributed by atoms with Crippen LogP contribution in [0.2, 0.25) is 0 Å². The molecule has 1 unspecified atom stereocenters. The summed E-state index contributed by atoms with van der Waals surface area (Å²) in [4.78, 5) is 11.9. The van der Waals surface area contributed by atoms with Gasteiger partial charge in [0.1, 0.15) is 5.82 Å². The van der Waals surface area contributed by atoms with E-state index in [1.54, 1.807) is 23.9 Å².